The number of aromatic nitrogens is 1. The number of carbonyl (C=O) groups excluding carboxylic acids is 2. The molecule has 6 heteroatoms. The Morgan fingerprint density at radius 1 is 1.12 bits per heavy atom. The molecular weight excluding hydrogens is 316 g/mol. The van der Waals surface area contributed by atoms with Crippen LogP contribution in [0.2, 0.25) is 0 Å². The van der Waals surface area contributed by atoms with E-state index in [1.807, 2.05) is 49.4 Å². The molecule has 0 saturated carbocycles. The summed E-state index contributed by atoms with van der Waals surface area (Å²) in [6.07, 6.45) is 1.30. The number of hydrogen-bond donors (Lipinski definition) is 1. The Morgan fingerprint density at radius 2 is 1.88 bits per heavy atom. The summed E-state index contributed by atoms with van der Waals surface area (Å²) in [5, 5.41) is 3.13. The molecule has 2 atom stereocenters. The zero-order chi connectivity index (χ0) is 17.6. The number of nitrogens with zero attached hydrogens (tertiary/aromatic N) is 3. The van der Waals surface area contributed by atoms with Gasteiger partial charge in [-0.15, -0.1) is 0 Å². The van der Waals surface area contributed by atoms with Crippen molar-refractivity contribution in [3.8, 4) is 0 Å². The van der Waals surface area contributed by atoms with Crippen LogP contribution in [-0.4, -0.2) is 29.9 Å². The Bertz CT molecular complexity index is 837. The molecule has 2 aromatic rings. The zero-order valence-corrected chi connectivity index (χ0v) is 14.3. The number of hydrogen-bond acceptors (Lipinski definition) is 4. The molecule has 2 aliphatic rings. The third-order valence-electron chi connectivity index (χ3n) is 4.92. The van der Waals surface area contributed by atoms with E-state index in [2.05, 4.69) is 10.3 Å². The van der Waals surface area contributed by atoms with Crippen LogP contribution in [-0.2, 0) is 9.59 Å². The van der Waals surface area contributed by atoms with Crippen molar-refractivity contribution in [2.24, 2.45) is 0 Å². The van der Waals surface area contributed by atoms with Gasteiger partial charge in [0.1, 0.15) is 11.9 Å². The summed E-state index contributed by atoms with van der Waals surface area (Å²) >= 11 is 0. The largest absolute Gasteiger partial charge is 0.357 e. The molecule has 0 spiro atoms. The highest BCUT2D eigenvalue weighted by molar-refractivity contribution is 6.04. The summed E-state index contributed by atoms with van der Waals surface area (Å²) in [7, 11) is 1.74. The first-order chi connectivity index (χ1) is 12.1. The molecule has 25 heavy (non-hydrogen) atoms. The van der Waals surface area contributed by atoms with Crippen molar-refractivity contribution < 1.29 is 9.59 Å². The lowest BCUT2D eigenvalue weighted by atomic mass is 10.0. The van der Waals surface area contributed by atoms with Gasteiger partial charge in [0.25, 0.3) is 0 Å². The SMILES string of the molecule is C[C@H]1Nc2nc(N3C(=O)CCC3c3ccccc3)ccc2N(C)C1=O. The Kier molecular flexibility index (Phi) is 3.67. The van der Waals surface area contributed by atoms with E-state index < -0.39 is 0 Å². The standard InChI is InChI=1S/C19H20N4O2/c1-12-19(25)22(2)15-8-10-16(21-18(15)20-12)23-14(9-11-17(23)24)13-6-4-3-5-7-13/h3-8,10,12,14H,9,11H2,1-2H3,(H,20,21)/t12-,14?/m1/s1. The maximum atomic E-state index is 12.5. The molecule has 1 saturated heterocycles. The third kappa shape index (κ3) is 2.54. The van der Waals surface area contributed by atoms with E-state index in [1.165, 1.54) is 0 Å². The van der Waals surface area contributed by atoms with Gasteiger partial charge in [-0.1, -0.05) is 30.3 Å². The van der Waals surface area contributed by atoms with E-state index in [4.69, 9.17) is 0 Å². The van der Waals surface area contributed by atoms with Crippen molar-refractivity contribution in [1.82, 2.24) is 4.98 Å². The van der Waals surface area contributed by atoms with Gasteiger partial charge in [0.15, 0.2) is 5.82 Å². The number of carbonyl (C=O) groups is 2. The minimum atomic E-state index is -0.334. The molecule has 128 valence electrons. The number of fused-ring (bicyclic) bond motifs is 1. The summed E-state index contributed by atoms with van der Waals surface area (Å²) in [5.74, 6) is 1.34. The first-order valence-corrected chi connectivity index (χ1v) is 8.48. The lowest BCUT2D eigenvalue weighted by molar-refractivity contribution is -0.119. The summed E-state index contributed by atoms with van der Waals surface area (Å²) in [6, 6.07) is 13.4. The Morgan fingerprint density at radius 3 is 2.64 bits per heavy atom. The quantitative estimate of drug-likeness (QED) is 0.916. The second-order valence-corrected chi connectivity index (χ2v) is 6.53. The van der Waals surface area contributed by atoms with Crippen molar-refractivity contribution in [2.45, 2.75) is 31.8 Å². The summed E-state index contributed by atoms with van der Waals surface area (Å²) < 4.78 is 0. The average Bonchev–Trinajstić information content (AvgIpc) is 3.01. The van der Waals surface area contributed by atoms with Gasteiger partial charge >= 0.3 is 0 Å². The molecule has 1 aromatic carbocycles. The summed E-state index contributed by atoms with van der Waals surface area (Å²) in [6.45, 7) is 1.81. The Labute approximate surface area is 146 Å². The van der Waals surface area contributed by atoms with Gasteiger partial charge in [-0.3, -0.25) is 14.5 Å². The molecule has 3 heterocycles. The van der Waals surface area contributed by atoms with Crippen LogP contribution in [0.3, 0.4) is 0 Å². The van der Waals surface area contributed by atoms with E-state index in [0.29, 0.717) is 18.1 Å². The predicted molar refractivity (Wildman–Crippen MR) is 96.6 cm³/mol. The minimum absolute atomic E-state index is 0.000347. The molecule has 6 nitrogen and oxygen atoms in total. The smallest absolute Gasteiger partial charge is 0.249 e. The van der Waals surface area contributed by atoms with E-state index >= 15 is 0 Å². The van der Waals surface area contributed by atoms with Crippen molar-refractivity contribution in [3.63, 3.8) is 0 Å². The molecule has 1 aromatic heterocycles. The maximum absolute atomic E-state index is 12.5. The van der Waals surface area contributed by atoms with Crippen LogP contribution in [0.4, 0.5) is 17.3 Å². The van der Waals surface area contributed by atoms with Crippen LogP contribution < -0.4 is 15.1 Å². The van der Waals surface area contributed by atoms with Crippen LogP contribution in [0.15, 0.2) is 42.5 Å². The highest BCUT2D eigenvalue weighted by Gasteiger charge is 2.35. The van der Waals surface area contributed by atoms with E-state index in [0.717, 1.165) is 17.7 Å². The lowest BCUT2D eigenvalue weighted by Crippen LogP contribution is -2.44. The van der Waals surface area contributed by atoms with E-state index in [-0.39, 0.29) is 23.9 Å². The molecular formula is C19H20N4O2. The lowest BCUT2D eigenvalue weighted by Gasteiger charge is -2.32. The van der Waals surface area contributed by atoms with Gasteiger partial charge in [0, 0.05) is 13.5 Å². The normalized spacial score (nSPS) is 22.8. The fourth-order valence-electron chi connectivity index (χ4n) is 3.59. The van der Waals surface area contributed by atoms with Gasteiger partial charge in [0.05, 0.1) is 11.7 Å². The monoisotopic (exact) mass is 336 g/mol. The minimum Gasteiger partial charge on any atom is -0.357 e. The number of rotatable bonds is 2. The maximum Gasteiger partial charge on any atom is 0.249 e. The number of amides is 2. The van der Waals surface area contributed by atoms with Gasteiger partial charge in [-0.05, 0) is 31.0 Å². The number of likely N-dealkylation sites (N-methyl/N-ethyl adjacent to an activating group) is 1. The van der Waals surface area contributed by atoms with Gasteiger partial charge in [-0.25, -0.2) is 4.98 Å². The number of nitrogens with one attached hydrogen (secondary N) is 1. The van der Waals surface area contributed by atoms with Crippen LogP contribution in [0.25, 0.3) is 0 Å². The third-order valence-corrected chi connectivity index (χ3v) is 4.92. The van der Waals surface area contributed by atoms with Crippen LogP contribution >= 0.6 is 0 Å². The first kappa shape index (κ1) is 15.6. The Balaban J connectivity index is 1.73. The molecule has 2 amide bonds. The number of anilines is 3. The second kappa shape index (κ2) is 5.88. The molecule has 4 rings (SSSR count). The van der Waals surface area contributed by atoms with Crippen LogP contribution in [0.1, 0.15) is 31.4 Å². The molecule has 2 aliphatic heterocycles. The predicted octanol–water partition coefficient (Wildman–Crippen LogP) is 2.73. The highest BCUT2D eigenvalue weighted by atomic mass is 16.2. The average molecular weight is 336 g/mol. The fourth-order valence-corrected chi connectivity index (χ4v) is 3.59. The molecule has 1 unspecified atom stereocenters. The summed E-state index contributed by atoms with van der Waals surface area (Å²) in [4.78, 5) is 32.6. The molecule has 0 bridgehead atoms. The van der Waals surface area contributed by atoms with Crippen molar-refractivity contribution in [3.05, 3.63) is 48.0 Å². The van der Waals surface area contributed by atoms with Crippen molar-refractivity contribution in [1.29, 1.82) is 0 Å². The Hall–Kier alpha value is -2.89. The topological polar surface area (TPSA) is 65.5 Å². The second-order valence-electron chi connectivity index (χ2n) is 6.53. The molecule has 1 fully saturated rings. The van der Waals surface area contributed by atoms with Gasteiger partial charge < -0.3 is 10.2 Å². The molecule has 1 N–H and O–H groups in total. The first-order valence-electron chi connectivity index (χ1n) is 8.48. The van der Waals surface area contributed by atoms with Crippen molar-refractivity contribution in [2.75, 3.05) is 22.2 Å². The highest BCUT2D eigenvalue weighted by Crippen LogP contribution is 2.38. The van der Waals surface area contributed by atoms with Crippen LogP contribution in [0, 0.1) is 0 Å². The van der Waals surface area contributed by atoms with Crippen molar-refractivity contribution >= 4 is 29.1 Å². The van der Waals surface area contributed by atoms with E-state index in [9.17, 15) is 9.59 Å². The molecule has 0 radical (unpaired) electrons. The van der Waals surface area contributed by atoms with Gasteiger partial charge in [0.2, 0.25) is 11.8 Å². The summed E-state index contributed by atoms with van der Waals surface area (Å²) in [5.41, 5.74) is 1.84. The van der Waals surface area contributed by atoms with Gasteiger partial charge in [-0.2, -0.15) is 0 Å². The fraction of sp³-hybridized carbons (Fsp3) is 0.316. The number of benzene rings is 1. The molecule has 0 aliphatic carbocycles. The number of pyridine rings is 1. The zero-order valence-electron chi connectivity index (χ0n) is 14.3. The van der Waals surface area contributed by atoms with Crippen LogP contribution in [0.5, 0.6) is 0 Å². The van der Waals surface area contributed by atoms with E-state index in [1.54, 1.807) is 16.8 Å².